The first kappa shape index (κ1) is 12.5. The average Bonchev–Trinajstić information content (AvgIpc) is 2.97. The van der Waals surface area contributed by atoms with E-state index in [0.717, 1.165) is 23.1 Å². The summed E-state index contributed by atoms with van der Waals surface area (Å²) in [5.41, 5.74) is 1.63. The Hall–Kier alpha value is -0.510. The van der Waals surface area contributed by atoms with Gasteiger partial charge in [-0.1, -0.05) is 11.6 Å². The van der Waals surface area contributed by atoms with Gasteiger partial charge in [0.2, 0.25) is 0 Å². The van der Waals surface area contributed by atoms with E-state index in [4.69, 9.17) is 21.4 Å². The first-order valence-corrected chi connectivity index (χ1v) is 6.99. The number of aliphatic hydroxyl groups is 1. The van der Waals surface area contributed by atoms with Crippen molar-refractivity contribution < 1.29 is 9.84 Å². The van der Waals surface area contributed by atoms with Crippen LogP contribution in [0.15, 0.2) is 0 Å². The molecular formula is C10H10ClIN4O2. The molecule has 3 heterocycles. The number of nitrogens with zero attached hydrogens (tertiary/aromatic N) is 4. The molecule has 96 valence electrons. The molecule has 18 heavy (non-hydrogen) atoms. The second-order valence-corrected chi connectivity index (χ2v) is 5.37. The van der Waals surface area contributed by atoms with E-state index in [-0.39, 0.29) is 18.0 Å². The van der Waals surface area contributed by atoms with Gasteiger partial charge in [-0.2, -0.15) is 5.10 Å². The topological polar surface area (TPSA) is 73.1 Å². The highest BCUT2D eigenvalue weighted by atomic mass is 127. The van der Waals surface area contributed by atoms with Crippen LogP contribution in [0.25, 0.3) is 11.2 Å². The summed E-state index contributed by atoms with van der Waals surface area (Å²) < 4.78 is 8.05. The number of hydrogen-bond acceptors (Lipinski definition) is 5. The van der Waals surface area contributed by atoms with Crippen LogP contribution in [0, 0.1) is 3.70 Å². The van der Waals surface area contributed by atoms with Crippen LogP contribution < -0.4 is 0 Å². The zero-order valence-electron chi connectivity index (χ0n) is 9.31. The maximum absolute atomic E-state index is 9.15. The minimum absolute atomic E-state index is 0.0960. The molecule has 1 N–H and O–H groups in total. The molecule has 0 aromatic carbocycles. The average molecular weight is 381 g/mol. The maximum atomic E-state index is 9.15. The van der Waals surface area contributed by atoms with Crippen LogP contribution in [-0.2, 0) is 11.3 Å². The normalized spacial score (nSPS) is 19.8. The van der Waals surface area contributed by atoms with Crippen molar-refractivity contribution in [3.8, 4) is 0 Å². The van der Waals surface area contributed by atoms with Gasteiger partial charge in [0.15, 0.2) is 20.7 Å². The van der Waals surface area contributed by atoms with Gasteiger partial charge in [-0.3, -0.25) is 0 Å². The number of fused-ring (bicyclic) bond motifs is 1. The lowest BCUT2D eigenvalue weighted by molar-refractivity contribution is 0.0496. The number of aliphatic hydroxyl groups excluding tert-OH is 1. The van der Waals surface area contributed by atoms with E-state index in [2.05, 4.69) is 37.7 Å². The monoisotopic (exact) mass is 380 g/mol. The molecule has 0 amide bonds. The van der Waals surface area contributed by atoms with Crippen molar-refractivity contribution in [1.29, 1.82) is 0 Å². The Bertz CT molecular complexity index is 597. The van der Waals surface area contributed by atoms with Crippen molar-refractivity contribution in [2.45, 2.75) is 25.7 Å². The lowest BCUT2D eigenvalue weighted by Gasteiger charge is -2.10. The van der Waals surface area contributed by atoms with Crippen LogP contribution in [0.1, 0.15) is 24.8 Å². The number of ether oxygens (including phenoxy) is 1. The molecule has 6 nitrogen and oxygen atoms in total. The fraction of sp³-hybridized carbons (Fsp3) is 0.500. The van der Waals surface area contributed by atoms with Crippen molar-refractivity contribution in [3.63, 3.8) is 0 Å². The predicted molar refractivity (Wildman–Crippen MR) is 73.2 cm³/mol. The molecule has 1 atom stereocenters. The minimum atomic E-state index is -0.233. The predicted octanol–water partition coefficient (Wildman–Crippen LogP) is 1.89. The summed E-state index contributed by atoms with van der Waals surface area (Å²) in [6, 6.07) is 0. The van der Waals surface area contributed by atoms with E-state index < -0.39 is 0 Å². The van der Waals surface area contributed by atoms with Gasteiger partial charge < -0.3 is 9.84 Å². The Morgan fingerprint density at radius 1 is 1.50 bits per heavy atom. The van der Waals surface area contributed by atoms with E-state index in [1.807, 2.05) is 0 Å². The molecule has 0 radical (unpaired) electrons. The highest BCUT2D eigenvalue weighted by Gasteiger charge is 2.24. The smallest absolute Gasteiger partial charge is 0.181 e. The summed E-state index contributed by atoms with van der Waals surface area (Å²) >= 11 is 8.07. The van der Waals surface area contributed by atoms with Gasteiger partial charge in [0, 0.05) is 6.61 Å². The Morgan fingerprint density at radius 3 is 3.00 bits per heavy atom. The van der Waals surface area contributed by atoms with Crippen molar-refractivity contribution in [2.24, 2.45) is 0 Å². The minimum Gasteiger partial charge on any atom is -0.390 e. The highest BCUT2D eigenvalue weighted by Crippen LogP contribution is 2.28. The molecule has 3 rings (SSSR count). The number of hydrogen-bond donors (Lipinski definition) is 1. The van der Waals surface area contributed by atoms with Crippen LogP contribution in [0.4, 0.5) is 0 Å². The van der Waals surface area contributed by atoms with E-state index in [0.29, 0.717) is 16.9 Å². The number of aromatic nitrogens is 4. The molecule has 0 bridgehead atoms. The van der Waals surface area contributed by atoms with E-state index in [1.165, 1.54) is 0 Å². The summed E-state index contributed by atoms with van der Waals surface area (Å²) in [5, 5.41) is 13.8. The molecule has 1 saturated heterocycles. The van der Waals surface area contributed by atoms with Gasteiger partial charge in [-0.05, 0) is 35.4 Å². The fourth-order valence-corrected chi connectivity index (χ4v) is 2.76. The van der Waals surface area contributed by atoms with Gasteiger partial charge in [0.25, 0.3) is 0 Å². The molecule has 0 spiro atoms. The highest BCUT2D eigenvalue weighted by molar-refractivity contribution is 14.1. The third-order valence-corrected chi connectivity index (χ3v) is 3.87. The molecular weight excluding hydrogens is 370 g/mol. The lowest BCUT2D eigenvalue weighted by Crippen LogP contribution is -2.10. The molecule has 0 saturated carbocycles. The quantitative estimate of drug-likeness (QED) is 0.806. The zero-order valence-corrected chi connectivity index (χ0v) is 12.2. The van der Waals surface area contributed by atoms with Crippen molar-refractivity contribution >= 4 is 45.4 Å². The Kier molecular flexibility index (Phi) is 3.39. The fourth-order valence-electron chi connectivity index (χ4n) is 1.98. The second kappa shape index (κ2) is 4.87. The van der Waals surface area contributed by atoms with E-state index in [9.17, 15) is 0 Å². The summed E-state index contributed by atoms with van der Waals surface area (Å²) in [6.45, 7) is 0.501. The first-order valence-electron chi connectivity index (χ1n) is 5.53. The van der Waals surface area contributed by atoms with Gasteiger partial charge in [-0.25, -0.2) is 14.6 Å². The van der Waals surface area contributed by atoms with Gasteiger partial charge in [-0.15, -0.1) is 0 Å². The SMILES string of the molecule is OCc1nc2c(I)nn(C3CCCO3)c2nc1Cl. The Morgan fingerprint density at radius 2 is 2.33 bits per heavy atom. The molecule has 1 aliphatic heterocycles. The van der Waals surface area contributed by atoms with Crippen LogP contribution in [0.2, 0.25) is 5.15 Å². The number of halogens is 2. The molecule has 1 unspecified atom stereocenters. The van der Waals surface area contributed by atoms with Gasteiger partial charge >= 0.3 is 0 Å². The molecule has 1 fully saturated rings. The van der Waals surface area contributed by atoms with Crippen LogP contribution in [0.3, 0.4) is 0 Å². The third-order valence-electron chi connectivity index (χ3n) is 2.84. The Balaban J connectivity index is 2.18. The largest absolute Gasteiger partial charge is 0.390 e. The molecule has 0 aliphatic carbocycles. The van der Waals surface area contributed by atoms with Crippen LogP contribution >= 0.6 is 34.2 Å². The standard InChI is InChI=1S/C10H10ClIN4O2/c11-8-5(4-17)13-7-9(12)15-16(10(7)14-8)6-2-1-3-18-6/h6,17H,1-4H2. The van der Waals surface area contributed by atoms with Crippen LogP contribution in [-0.4, -0.2) is 31.5 Å². The van der Waals surface area contributed by atoms with Crippen LogP contribution in [0.5, 0.6) is 0 Å². The van der Waals surface area contributed by atoms with Gasteiger partial charge in [0.1, 0.15) is 11.2 Å². The maximum Gasteiger partial charge on any atom is 0.181 e. The summed E-state index contributed by atoms with van der Waals surface area (Å²) in [4.78, 5) is 8.56. The second-order valence-electron chi connectivity index (χ2n) is 3.99. The zero-order chi connectivity index (χ0) is 12.7. The van der Waals surface area contributed by atoms with Crippen molar-refractivity contribution in [1.82, 2.24) is 19.7 Å². The summed E-state index contributed by atoms with van der Waals surface area (Å²) in [7, 11) is 0. The third kappa shape index (κ3) is 1.98. The van der Waals surface area contributed by atoms with Crippen molar-refractivity contribution in [2.75, 3.05) is 6.61 Å². The number of rotatable bonds is 2. The van der Waals surface area contributed by atoms with E-state index >= 15 is 0 Å². The lowest BCUT2D eigenvalue weighted by atomic mass is 10.3. The Labute approximate surface area is 121 Å². The first-order chi connectivity index (χ1) is 8.70. The molecule has 1 aliphatic rings. The van der Waals surface area contributed by atoms with Gasteiger partial charge in [0.05, 0.1) is 6.61 Å². The van der Waals surface area contributed by atoms with Crippen molar-refractivity contribution in [3.05, 3.63) is 14.5 Å². The summed E-state index contributed by atoms with van der Waals surface area (Å²) in [5.74, 6) is 0. The molecule has 2 aromatic rings. The molecule has 8 heteroatoms. The van der Waals surface area contributed by atoms with E-state index in [1.54, 1.807) is 4.68 Å². The molecule has 2 aromatic heterocycles. The summed E-state index contributed by atoms with van der Waals surface area (Å²) in [6.07, 6.45) is 1.83.